The number of carbonyl (C=O) groups is 2. The van der Waals surface area contributed by atoms with Crippen molar-refractivity contribution in [3.05, 3.63) is 91.0 Å². The van der Waals surface area contributed by atoms with Gasteiger partial charge in [-0.15, -0.1) is 0 Å². The number of nitrogens with zero attached hydrogens (tertiary/aromatic N) is 3. The lowest BCUT2D eigenvalue weighted by atomic mass is 10.0. The smallest absolute Gasteiger partial charge is 0.243 e. The largest absolute Gasteiger partial charge is 0.497 e. The summed E-state index contributed by atoms with van der Waals surface area (Å²) in [5, 5.41) is 10.7. The molecular weight excluding hydrogens is 468 g/mol. The molecule has 3 N–H and O–H groups in total. The van der Waals surface area contributed by atoms with Gasteiger partial charge in [-0.2, -0.15) is 5.10 Å². The molecule has 0 spiro atoms. The van der Waals surface area contributed by atoms with Crippen molar-refractivity contribution in [2.45, 2.75) is 12.8 Å². The van der Waals surface area contributed by atoms with E-state index in [9.17, 15) is 9.59 Å². The number of methoxy groups -OCH3 is 1. The van der Waals surface area contributed by atoms with E-state index in [1.165, 1.54) is 6.33 Å². The van der Waals surface area contributed by atoms with Gasteiger partial charge in [0.1, 0.15) is 18.4 Å². The maximum Gasteiger partial charge on any atom is 0.243 e. The first-order valence-corrected chi connectivity index (χ1v) is 11.9. The topological polar surface area (TPSA) is 114 Å². The highest BCUT2D eigenvalue weighted by molar-refractivity contribution is 5.95. The number of H-pyrrole nitrogens is 1. The standard InChI is InChI=1S/C28H26N6O3/c1-37-22-12-6-19(7-13-22)28-24(23-4-2-3-5-25(23)33-28)14-15-26(35)30-16-27(36)32-20-8-10-21(11-9-20)34-18-29-17-31-34/h2-13,17-18,33H,14-16H2,1H3,(H,30,35)(H,32,36). The molecular formula is C28H26N6O3. The summed E-state index contributed by atoms with van der Waals surface area (Å²) >= 11 is 0. The van der Waals surface area contributed by atoms with Gasteiger partial charge in [0, 0.05) is 28.7 Å². The third-order valence-electron chi connectivity index (χ3n) is 6.07. The van der Waals surface area contributed by atoms with Crippen molar-refractivity contribution >= 4 is 28.4 Å². The Balaban J connectivity index is 1.19. The molecule has 37 heavy (non-hydrogen) atoms. The minimum Gasteiger partial charge on any atom is -0.497 e. The number of hydrogen-bond acceptors (Lipinski definition) is 5. The number of aromatic nitrogens is 4. The van der Waals surface area contributed by atoms with E-state index in [0.717, 1.165) is 39.2 Å². The van der Waals surface area contributed by atoms with Gasteiger partial charge in [-0.25, -0.2) is 9.67 Å². The molecule has 5 rings (SSSR count). The number of fused-ring (bicyclic) bond motifs is 1. The predicted molar refractivity (Wildman–Crippen MR) is 142 cm³/mol. The zero-order valence-electron chi connectivity index (χ0n) is 20.3. The fraction of sp³-hybridized carbons (Fsp3) is 0.143. The quantitative estimate of drug-likeness (QED) is 0.285. The maximum absolute atomic E-state index is 12.6. The van der Waals surface area contributed by atoms with E-state index >= 15 is 0 Å². The van der Waals surface area contributed by atoms with Crippen LogP contribution in [0.1, 0.15) is 12.0 Å². The van der Waals surface area contributed by atoms with Crippen LogP contribution < -0.4 is 15.4 Å². The highest BCUT2D eigenvalue weighted by Crippen LogP contribution is 2.32. The Morgan fingerprint density at radius 3 is 2.49 bits per heavy atom. The van der Waals surface area contributed by atoms with Gasteiger partial charge in [0.05, 0.1) is 19.3 Å². The molecule has 0 aliphatic rings. The molecule has 0 unspecified atom stereocenters. The second-order valence-electron chi connectivity index (χ2n) is 8.46. The number of para-hydroxylation sites is 1. The van der Waals surface area contributed by atoms with Crippen LogP contribution in [0.25, 0.3) is 27.8 Å². The van der Waals surface area contributed by atoms with Crippen molar-refractivity contribution < 1.29 is 14.3 Å². The number of rotatable bonds is 9. The molecule has 9 nitrogen and oxygen atoms in total. The Hall–Kier alpha value is -4.92. The van der Waals surface area contributed by atoms with E-state index in [4.69, 9.17) is 4.74 Å². The third kappa shape index (κ3) is 5.51. The first kappa shape index (κ1) is 23.8. The van der Waals surface area contributed by atoms with Crippen molar-refractivity contribution in [1.29, 1.82) is 0 Å². The van der Waals surface area contributed by atoms with Gasteiger partial charge in [-0.1, -0.05) is 18.2 Å². The molecule has 186 valence electrons. The lowest BCUT2D eigenvalue weighted by Gasteiger charge is -2.09. The number of aryl methyl sites for hydroxylation is 1. The zero-order chi connectivity index (χ0) is 25.6. The molecule has 0 aliphatic heterocycles. The van der Waals surface area contributed by atoms with Crippen molar-refractivity contribution in [2.24, 2.45) is 0 Å². The lowest BCUT2D eigenvalue weighted by molar-refractivity contribution is -0.124. The molecule has 0 saturated heterocycles. The number of anilines is 1. The molecule has 0 atom stereocenters. The van der Waals surface area contributed by atoms with Gasteiger partial charge in [-0.3, -0.25) is 9.59 Å². The van der Waals surface area contributed by atoms with E-state index < -0.39 is 0 Å². The second-order valence-corrected chi connectivity index (χ2v) is 8.46. The summed E-state index contributed by atoms with van der Waals surface area (Å²) in [5.41, 5.74) is 5.53. The molecule has 0 bridgehead atoms. The Bertz CT molecular complexity index is 1510. The average molecular weight is 495 g/mol. The van der Waals surface area contributed by atoms with Gasteiger partial charge >= 0.3 is 0 Å². The lowest BCUT2D eigenvalue weighted by Crippen LogP contribution is -2.32. The molecule has 0 saturated carbocycles. The van der Waals surface area contributed by atoms with Crippen LogP contribution in [0.2, 0.25) is 0 Å². The number of benzene rings is 3. The van der Waals surface area contributed by atoms with Crippen molar-refractivity contribution in [3.8, 4) is 22.7 Å². The average Bonchev–Trinajstić information content (AvgIpc) is 3.60. The van der Waals surface area contributed by atoms with Crippen LogP contribution in [-0.2, 0) is 16.0 Å². The third-order valence-corrected chi connectivity index (χ3v) is 6.07. The Labute approximate surface area is 213 Å². The number of carbonyl (C=O) groups excluding carboxylic acids is 2. The van der Waals surface area contributed by atoms with E-state index in [2.05, 4.69) is 25.7 Å². The molecule has 3 aromatic carbocycles. The van der Waals surface area contributed by atoms with E-state index in [-0.39, 0.29) is 24.8 Å². The predicted octanol–water partition coefficient (Wildman–Crippen LogP) is 4.11. The van der Waals surface area contributed by atoms with E-state index in [1.807, 2.05) is 60.7 Å². The number of hydrogen-bond donors (Lipinski definition) is 3. The van der Waals surface area contributed by atoms with Gasteiger partial charge in [0.25, 0.3) is 0 Å². The summed E-state index contributed by atoms with van der Waals surface area (Å²) in [6.45, 7) is -0.108. The van der Waals surface area contributed by atoms with Crippen LogP contribution in [0.3, 0.4) is 0 Å². The monoisotopic (exact) mass is 494 g/mol. The molecule has 0 radical (unpaired) electrons. The maximum atomic E-state index is 12.6. The van der Waals surface area contributed by atoms with Crippen LogP contribution >= 0.6 is 0 Å². The first-order chi connectivity index (χ1) is 18.1. The number of ether oxygens (including phenoxy) is 1. The molecule has 2 aromatic heterocycles. The fourth-order valence-corrected chi connectivity index (χ4v) is 4.21. The minimum absolute atomic E-state index is 0.108. The Kier molecular flexibility index (Phi) is 6.93. The molecule has 5 aromatic rings. The van der Waals surface area contributed by atoms with Crippen LogP contribution in [0.15, 0.2) is 85.5 Å². The van der Waals surface area contributed by atoms with E-state index in [1.54, 1.807) is 30.3 Å². The number of aromatic amines is 1. The van der Waals surface area contributed by atoms with E-state index in [0.29, 0.717) is 12.1 Å². The molecule has 0 aliphatic carbocycles. The molecule has 2 heterocycles. The van der Waals surface area contributed by atoms with Crippen LogP contribution in [0.4, 0.5) is 5.69 Å². The fourth-order valence-electron chi connectivity index (χ4n) is 4.21. The van der Waals surface area contributed by atoms with Crippen molar-refractivity contribution in [1.82, 2.24) is 25.1 Å². The highest BCUT2D eigenvalue weighted by Gasteiger charge is 2.15. The van der Waals surface area contributed by atoms with Crippen LogP contribution in [0.5, 0.6) is 5.75 Å². The van der Waals surface area contributed by atoms with Crippen LogP contribution in [-0.4, -0.2) is 45.2 Å². The summed E-state index contributed by atoms with van der Waals surface area (Å²) < 4.78 is 6.90. The van der Waals surface area contributed by atoms with Crippen LogP contribution in [0, 0.1) is 0 Å². The SMILES string of the molecule is COc1ccc(-c2[nH]c3ccccc3c2CCC(=O)NCC(=O)Nc2ccc(-n3cncn3)cc2)cc1. The summed E-state index contributed by atoms with van der Waals surface area (Å²) in [7, 11) is 1.64. The number of nitrogens with one attached hydrogen (secondary N) is 3. The highest BCUT2D eigenvalue weighted by atomic mass is 16.5. The number of amides is 2. The summed E-state index contributed by atoms with van der Waals surface area (Å²) in [5.74, 6) is 0.292. The summed E-state index contributed by atoms with van der Waals surface area (Å²) in [6, 6.07) is 23.1. The van der Waals surface area contributed by atoms with Gasteiger partial charge in [-0.05, 0) is 72.1 Å². The minimum atomic E-state index is -0.298. The van der Waals surface area contributed by atoms with Gasteiger partial charge in [0.2, 0.25) is 11.8 Å². The van der Waals surface area contributed by atoms with Crippen molar-refractivity contribution in [3.63, 3.8) is 0 Å². The Morgan fingerprint density at radius 2 is 1.76 bits per heavy atom. The first-order valence-electron chi connectivity index (χ1n) is 11.9. The molecule has 2 amide bonds. The normalized spacial score (nSPS) is 10.8. The Morgan fingerprint density at radius 1 is 0.973 bits per heavy atom. The van der Waals surface area contributed by atoms with Gasteiger partial charge < -0.3 is 20.4 Å². The molecule has 9 heteroatoms. The zero-order valence-corrected chi connectivity index (χ0v) is 20.3. The molecule has 0 fully saturated rings. The summed E-state index contributed by atoms with van der Waals surface area (Å²) in [4.78, 5) is 32.4. The second kappa shape index (κ2) is 10.8. The van der Waals surface area contributed by atoms with Crippen molar-refractivity contribution in [2.75, 3.05) is 19.0 Å². The van der Waals surface area contributed by atoms with Gasteiger partial charge in [0.15, 0.2) is 0 Å². The summed E-state index contributed by atoms with van der Waals surface area (Å²) in [6.07, 6.45) is 3.84.